The lowest BCUT2D eigenvalue weighted by atomic mass is 10.0. The molecular formula is C23H21N3O4. The lowest BCUT2D eigenvalue weighted by Gasteiger charge is -2.12. The van der Waals surface area contributed by atoms with Crippen LogP contribution >= 0.6 is 0 Å². The number of H-pyrrole nitrogens is 1. The molecule has 3 heterocycles. The number of nitrogens with zero attached hydrogens (tertiary/aromatic N) is 2. The average molecular weight is 403 g/mol. The zero-order chi connectivity index (χ0) is 21.0. The van der Waals surface area contributed by atoms with Gasteiger partial charge in [-0.3, -0.25) is 9.48 Å². The lowest BCUT2D eigenvalue weighted by Crippen LogP contribution is -2.03. The zero-order valence-electron chi connectivity index (χ0n) is 17.1. The number of nitrogens with one attached hydrogen (secondary N) is 1. The van der Waals surface area contributed by atoms with Crippen molar-refractivity contribution in [3.63, 3.8) is 0 Å². The molecule has 0 atom stereocenters. The number of rotatable bonds is 4. The van der Waals surface area contributed by atoms with Gasteiger partial charge in [-0.2, -0.15) is 0 Å². The van der Waals surface area contributed by atoms with E-state index < -0.39 is 0 Å². The summed E-state index contributed by atoms with van der Waals surface area (Å²) in [5, 5.41) is 5.03. The molecule has 0 fully saturated rings. The number of pyridine rings is 1. The summed E-state index contributed by atoms with van der Waals surface area (Å²) in [6.45, 7) is 4.18. The second kappa shape index (κ2) is 6.66. The highest BCUT2D eigenvalue weighted by molar-refractivity contribution is 6.14. The predicted octanol–water partition coefficient (Wildman–Crippen LogP) is 4.89. The van der Waals surface area contributed by atoms with Crippen LogP contribution in [0.1, 0.15) is 19.9 Å². The number of fused-ring (bicyclic) bond motifs is 4. The van der Waals surface area contributed by atoms with E-state index in [9.17, 15) is 4.79 Å². The fourth-order valence-corrected chi connectivity index (χ4v) is 3.93. The summed E-state index contributed by atoms with van der Waals surface area (Å²) in [6.07, 6.45) is 1.93. The molecule has 0 unspecified atom stereocenters. The molecule has 0 bridgehead atoms. The summed E-state index contributed by atoms with van der Waals surface area (Å²) >= 11 is 0. The van der Waals surface area contributed by atoms with E-state index in [1.54, 1.807) is 20.3 Å². The van der Waals surface area contributed by atoms with Crippen LogP contribution in [0.5, 0.6) is 11.5 Å². The van der Waals surface area contributed by atoms with Gasteiger partial charge in [0.25, 0.3) is 0 Å². The van der Waals surface area contributed by atoms with Crippen LogP contribution in [0.3, 0.4) is 0 Å². The molecule has 0 spiro atoms. The van der Waals surface area contributed by atoms with E-state index in [-0.39, 0.29) is 11.5 Å². The molecule has 0 saturated carbocycles. The highest BCUT2D eigenvalue weighted by Gasteiger charge is 2.21. The zero-order valence-corrected chi connectivity index (χ0v) is 17.1. The van der Waals surface area contributed by atoms with Crippen molar-refractivity contribution in [3.8, 4) is 22.6 Å². The Hall–Kier alpha value is -3.74. The quantitative estimate of drug-likeness (QED) is 0.462. The molecule has 1 N–H and O–H groups in total. The number of aromatic nitrogens is 3. The number of hydrogen-bond acceptors (Lipinski definition) is 5. The van der Waals surface area contributed by atoms with Gasteiger partial charge in [0.05, 0.1) is 14.2 Å². The van der Waals surface area contributed by atoms with Gasteiger partial charge in [-0.15, -0.1) is 0 Å². The normalized spacial score (nSPS) is 11.8. The van der Waals surface area contributed by atoms with Crippen LogP contribution in [0.25, 0.3) is 44.2 Å². The van der Waals surface area contributed by atoms with Gasteiger partial charge in [-0.05, 0) is 43.7 Å². The summed E-state index contributed by atoms with van der Waals surface area (Å²) in [6, 6.07) is 10.8. The van der Waals surface area contributed by atoms with Crippen LogP contribution in [-0.2, 0) is 0 Å². The SMILES string of the molecule is COc1ccc(-c2c3c[nH]n(C(C)C)c3nc3c2oc2cc(=O)ccc23)cc1OC. The fourth-order valence-electron chi connectivity index (χ4n) is 3.93. The number of benzene rings is 2. The van der Waals surface area contributed by atoms with E-state index in [2.05, 4.69) is 18.9 Å². The molecule has 0 aliphatic carbocycles. The highest BCUT2D eigenvalue weighted by Crippen LogP contribution is 2.41. The van der Waals surface area contributed by atoms with Crippen molar-refractivity contribution in [2.24, 2.45) is 0 Å². The van der Waals surface area contributed by atoms with E-state index in [4.69, 9.17) is 18.9 Å². The fraction of sp³-hybridized carbons (Fsp3) is 0.217. The Morgan fingerprint density at radius 3 is 2.57 bits per heavy atom. The Bertz CT molecular complexity index is 1470. The van der Waals surface area contributed by atoms with Crippen molar-refractivity contribution in [1.82, 2.24) is 14.8 Å². The largest absolute Gasteiger partial charge is 0.493 e. The van der Waals surface area contributed by atoms with E-state index >= 15 is 0 Å². The van der Waals surface area contributed by atoms with Crippen LogP contribution in [0.2, 0.25) is 0 Å². The topological polar surface area (TPSA) is 82.3 Å². The third-order valence-electron chi connectivity index (χ3n) is 5.36. The van der Waals surface area contributed by atoms with Crippen molar-refractivity contribution in [1.29, 1.82) is 0 Å². The molecule has 152 valence electrons. The minimum absolute atomic E-state index is 0.0983. The molecule has 2 aromatic carbocycles. The lowest BCUT2D eigenvalue weighted by molar-refractivity contribution is 0.355. The Balaban J connectivity index is 1.95. The Morgan fingerprint density at radius 1 is 1.03 bits per heavy atom. The Kier molecular flexibility index (Phi) is 4.06. The van der Waals surface area contributed by atoms with Crippen molar-refractivity contribution in [2.45, 2.75) is 19.9 Å². The molecule has 0 aliphatic rings. The minimum atomic E-state index is -0.0983. The molecule has 30 heavy (non-hydrogen) atoms. The van der Waals surface area contributed by atoms with Crippen LogP contribution in [-0.4, -0.2) is 29.0 Å². The molecule has 5 aromatic rings. The predicted molar refractivity (Wildman–Crippen MR) is 117 cm³/mol. The molecule has 7 heteroatoms. The first-order chi connectivity index (χ1) is 14.5. The minimum Gasteiger partial charge on any atom is -0.493 e. The van der Waals surface area contributed by atoms with E-state index in [1.807, 2.05) is 29.1 Å². The monoisotopic (exact) mass is 403 g/mol. The maximum Gasteiger partial charge on any atom is 0.182 e. The van der Waals surface area contributed by atoms with E-state index in [0.29, 0.717) is 22.7 Å². The van der Waals surface area contributed by atoms with Gasteiger partial charge in [0.2, 0.25) is 0 Å². The smallest absolute Gasteiger partial charge is 0.182 e. The Labute approximate surface area is 171 Å². The number of aromatic amines is 1. The van der Waals surface area contributed by atoms with Crippen molar-refractivity contribution >= 4 is 33.1 Å². The highest BCUT2D eigenvalue weighted by atomic mass is 16.5. The van der Waals surface area contributed by atoms with Crippen LogP contribution in [0.15, 0.2) is 51.8 Å². The first kappa shape index (κ1) is 18.3. The maximum atomic E-state index is 11.9. The van der Waals surface area contributed by atoms with Crippen molar-refractivity contribution in [2.75, 3.05) is 14.2 Å². The van der Waals surface area contributed by atoms with Crippen molar-refractivity contribution < 1.29 is 13.9 Å². The van der Waals surface area contributed by atoms with E-state index in [0.717, 1.165) is 33.1 Å². The van der Waals surface area contributed by atoms with Gasteiger partial charge in [0.15, 0.2) is 28.2 Å². The second-order valence-electron chi connectivity index (χ2n) is 7.47. The molecule has 7 nitrogen and oxygen atoms in total. The number of ether oxygens (including phenoxy) is 2. The van der Waals surface area contributed by atoms with Crippen LogP contribution in [0.4, 0.5) is 0 Å². The summed E-state index contributed by atoms with van der Waals surface area (Å²) in [7, 11) is 3.22. The number of hydrogen-bond donors (Lipinski definition) is 1. The third-order valence-corrected chi connectivity index (χ3v) is 5.36. The van der Waals surface area contributed by atoms with Crippen molar-refractivity contribution in [3.05, 3.63) is 52.8 Å². The van der Waals surface area contributed by atoms with Gasteiger partial charge < -0.3 is 19.0 Å². The molecule has 0 radical (unpaired) electrons. The molecule has 3 aromatic heterocycles. The number of furan rings is 1. The Morgan fingerprint density at radius 2 is 1.83 bits per heavy atom. The van der Waals surface area contributed by atoms with Gasteiger partial charge >= 0.3 is 0 Å². The van der Waals surface area contributed by atoms with Gasteiger partial charge in [0, 0.05) is 34.6 Å². The maximum absolute atomic E-state index is 11.9. The van der Waals surface area contributed by atoms with Crippen LogP contribution in [0, 0.1) is 0 Å². The summed E-state index contributed by atoms with van der Waals surface area (Å²) in [5.41, 5.74) is 4.38. The first-order valence-electron chi connectivity index (χ1n) is 9.70. The first-order valence-corrected chi connectivity index (χ1v) is 9.70. The molecule has 5 rings (SSSR count). The average Bonchev–Trinajstić information content (AvgIpc) is 3.32. The molecule has 0 saturated heterocycles. The summed E-state index contributed by atoms with van der Waals surface area (Å²) in [4.78, 5) is 16.8. The molecular weight excluding hydrogens is 382 g/mol. The standard InChI is InChI=1S/C23H21N3O4/c1-12(2)26-23-16(11-24-26)20(13-5-8-17(28-3)19(9-13)29-4)22-21(25-23)15-7-6-14(27)10-18(15)30-22/h5-12,24H,1-4H3. The van der Waals surface area contributed by atoms with Gasteiger partial charge in [0.1, 0.15) is 11.1 Å². The molecule has 0 amide bonds. The second-order valence-corrected chi connectivity index (χ2v) is 7.47. The molecule has 0 aliphatic heterocycles. The summed E-state index contributed by atoms with van der Waals surface area (Å²) < 4.78 is 19.1. The third kappa shape index (κ3) is 2.58. The van der Waals surface area contributed by atoms with E-state index in [1.165, 1.54) is 12.1 Å². The van der Waals surface area contributed by atoms with Crippen LogP contribution < -0.4 is 14.9 Å². The summed E-state index contributed by atoms with van der Waals surface area (Å²) in [5.74, 6) is 1.27. The van der Waals surface area contributed by atoms with Gasteiger partial charge in [-0.1, -0.05) is 6.07 Å². The number of methoxy groups -OCH3 is 2. The van der Waals surface area contributed by atoms with Gasteiger partial charge in [-0.25, -0.2) is 4.98 Å².